The molecule has 1 aliphatic carbocycles. The van der Waals surface area contributed by atoms with E-state index in [1.165, 1.54) is 19.3 Å². The average Bonchev–Trinajstić information content (AvgIpc) is 2.35. The molecule has 2 unspecified atom stereocenters. The summed E-state index contributed by atoms with van der Waals surface area (Å²) < 4.78 is 1.05. The van der Waals surface area contributed by atoms with E-state index >= 15 is 0 Å². The molecule has 2 nitrogen and oxygen atoms in total. The molecule has 1 saturated carbocycles. The molecule has 1 fully saturated rings. The van der Waals surface area contributed by atoms with Crippen molar-refractivity contribution in [3.63, 3.8) is 0 Å². The van der Waals surface area contributed by atoms with Crippen molar-refractivity contribution in [2.75, 3.05) is 0 Å². The molecule has 3 heteroatoms. The number of amides is 1. The van der Waals surface area contributed by atoms with E-state index in [0.29, 0.717) is 12.0 Å². The topological polar surface area (TPSA) is 29.1 Å². The van der Waals surface area contributed by atoms with E-state index in [1.807, 2.05) is 25.1 Å². The van der Waals surface area contributed by atoms with Gasteiger partial charge in [0.05, 0.1) is 0 Å². The van der Waals surface area contributed by atoms with Gasteiger partial charge >= 0.3 is 0 Å². The lowest BCUT2D eigenvalue weighted by Crippen LogP contribution is -2.41. The molecule has 0 spiro atoms. The van der Waals surface area contributed by atoms with Gasteiger partial charge in [0, 0.05) is 16.1 Å². The third-order valence-electron chi connectivity index (χ3n) is 3.85. The summed E-state index contributed by atoms with van der Waals surface area (Å²) in [5, 5.41) is 3.18. The van der Waals surface area contributed by atoms with Gasteiger partial charge in [0.15, 0.2) is 0 Å². The Morgan fingerprint density at radius 3 is 2.72 bits per heavy atom. The Hall–Kier alpha value is -0.830. The first kappa shape index (κ1) is 13.6. The monoisotopic (exact) mass is 309 g/mol. The third-order valence-corrected chi connectivity index (χ3v) is 4.74. The fraction of sp³-hybridized carbons (Fsp3) is 0.533. The van der Waals surface area contributed by atoms with Crippen molar-refractivity contribution in [3.05, 3.63) is 33.8 Å². The summed E-state index contributed by atoms with van der Waals surface area (Å²) in [5.74, 6) is 0.656. The van der Waals surface area contributed by atoms with Crippen LogP contribution in [0.4, 0.5) is 0 Å². The van der Waals surface area contributed by atoms with Crippen molar-refractivity contribution >= 4 is 21.8 Å². The predicted molar refractivity (Wildman–Crippen MR) is 77.8 cm³/mol. The van der Waals surface area contributed by atoms with Crippen LogP contribution < -0.4 is 5.32 Å². The summed E-state index contributed by atoms with van der Waals surface area (Å²) in [6.45, 7) is 4.24. The van der Waals surface area contributed by atoms with Gasteiger partial charge < -0.3 is 5.32 Å². The second-order valence-electron chi connectivity index (χ2n) is 5.31. The van der Waals surface area contributed by atoms with Gasteiger partial charge in [-0.15, -0.1) is 0 Å². The zero-order valence-corrected chi connectivity index (χ0v) is 12.6. The number of halogens is 1. The fourth-order valence-electron chi connectivity index (χ4n) is 2.57. The van der Waals surface area contributed by atoms with Crippen LogP contribution >= 0.6 is 15.9 Å². The van der Waals surface area contributed by atoms with Crippen LogP contribution in [-0.4, -0.2) is 11.9 Å². The quantitative estimate of drug-likeness (QED) is 0.876. The van der Waals surface area contributed by atoms with E-state index in [-0.39, 0.29) is 5.91 Å². The number of carbonyl (C=O) groups is 1. The van der Waals surface area contributed by atoms with Crippen LogP contribution in [0.2, 0.25) is 0 Å². The standard InChI is InChI=1S/C15H20BrNO/c1-10-5-3-4-6-14(10)17-15(18)12-7-8-13(16)11(2)9-12/h7-10,14H,3-6H2,1-2H3,(H,17,18). The van der Waals surface area contributed by atoms with E-state index in [1.54, 1.807) is 0 Å². The summed E-state index contributed by atoms with van der Waals surface area (Å²) in [7, 11) is 0. The summed E-state index contributed by atoms with van der Waals surface area (Å²) in [4.78, 5) is 12.2. The van der Waals surface area contributed by atoms with E-state index in [4.69, 9.17) is 0 Å². The molecule has 1 aromatic carbocycles. The maximum Gasteiger partial charge on any atom is 0.251 e. The Kier molecular flexibility index (Phi) is 4.44. The van der Waals surface area contributed by atoms with Crippen molar-refractivity contribution in [2.45, 2.75) is 45.6 Å². The molecule has 1 amide bonds. The number of benzene rings is 1. The second kappa shape index (κ2) is 5.87. The van der Waals surface area contributed by atoms with Gasteiger partial charge in [-0.1, -0.05) is 35.7 Å². The molecule has 1 aromatic rings. The van der Waals surface area contributed by atoms with Crippen LogP contribution in [-0.2, 0) is 0 Å². The minimum atomic E-state index is 0.0596. The molecular formula is C15H20BrNO. The Balaban J connectivity index is 2.04. The molecule has 18 heavy (non-hydrogen) atoms. The molecule has 98 valence electrons. The molecule has 0 aromatic heterocycles. The van der Waals surface area contributed by atoms with Gasteiger partial charge in [0.2, 0.25) is 0 Å². The van der Waals surface area contributed by atoms with E-state index < -0.39 is 0 Å². The molecule has 0 radical (unpaired) electrons. The van der Waals surface area contributed by atoms with Crippen molar-refractivity contribution in [1.82, 2.24) is 5.32 Å². The third kappa shape index (κ3) is 3.14. The summed E-state index contributed by atoms with van der Waals surface area (Å²) in [6.07, 6.45) is 4.87. The molecule has 2 atom stereocenters. The van der Waals surface area contributed by atoms with Crippen LogP contribution in [0, 0.1) is 12.8 Å². The summed E-state index contributed by atoms with van der Waals surface area (Å²) >= 11 is 3.45. The Morgan fingerprint density at radius 1 is 1.33 bits per heavy atom. The van der Waals surface area contributed by atoms with E-state index in [0.717, 1.165) is 22.0 Å². The van der Waals surface area contributed by atoms with Gasteiger partial charge in [-0.3, -0.25) is 4.79 Å². The van der Waals surface area contributed by atoms with Crippen LogP contribution in [0.25, 0.3) is 0 Å². The lowest BCUT2D eigenvalue weighted by Gasteiger charge is -2.29. The predicted octanol–water partition coefficient (Wildman–Crippen LogP) is 4.07. The highest BCUT2D eigenvalue weighted by atomic mass is 79.9. The highest BCUT2D eigenvalue weighted by molar-refractivity contribution is 9.10. The highest BCUT2D eigenvalue weighted by Crippen LogP contribution is 2.24. The zero-order chi connectivity index (χ0) is 13.1. The van der Waals surface area contributed by atoms with Gasteiger partial charge in [0.1, 0.15) is 0 Å². The van der Waals surface area contributed by atoms with Gasteiger partial charge in [0.25, 0.3) is 5.91 Å². The van der Waals surface area contributed by atoms with Crippen molar-refractivity contribution < 1.29 is 4.79 Å². The minimum Gasteiger partial charge on any atom is -0.349 e. The number of hydrogen-bond acceptors (Lipinski definition) is 1. The molecule has 0 saturated heterocycles. The Labute approximate surface area is 117 Å². The second-order valence-corrected chi connectivity index (χ2v) is 6.16. The zero-order valence-electron chi connectivity index (χ0n) is 11.0. The van der Waals surface area contributed by atoms with Gasteiger partial charge in [-0.2, -0.15) is 0 Å². The van der Waals surface area contributed by atoms with Crippen LogP contribution in [0.3, 0.4) is 0 Å². The van der Waals surface area contributed by atoms with E-state index in [2.05, 4.69) is 28.2 Å². The molecule has 0 bridgehead atoms. The SMILES string of the molecule is Cc1cc(C(=O)NC2CCCCC2C)ccc1Br. The molecule has 0 heterocycles. The summed E-state index contributed by atoms with van der Waals surface area (Å²) in [6, 6.07) is 6.09. The fourth-order valence-corrected chi connectivity index (χ4v) is 2.81. The molecule has 1 N–H and O–H groups in total. The maximum atomic E-state index is 12.2. The lowest BCUT2D eigenvalue weighted by molar-refractivity contribution is 0.0910. The van der Waals surface area contributed by atoms with Crippen molar-refractivity contribution in [2.24, 2.45) is 5.92 Å². The van der Waals surface area contributed by atoms with Crippen molar-refractivity contribution in [1.29, 1.82) is 0 Å². The first-order valence-electron chi connectivity index (χ1n) is 6.65. The number of hydrogen-bond donors (Lipinski definition) is 1. The maximum absolute atomic E-state index is 12.2. The molecular weight excluding hydrogens is 290 g/mol. The first-order valence-corrected chi connectivity index (χ1v) is 7.44. The Morgan fingerprint density at radius 2 is 2.06 bits per heavy atom. The van der Waals surface area contributed by atoms with Crippen LogP contribution in [0.1, 0.15) is 48.5 Å². The molecule has 2 rings (SSSR count). The number of nitrogens with one attached hydrogen (secondary N) is 1. The minimum absolute atomic E-state index is 0.0596. The number of rotatable bonds is 2. The van der Waals surface area contributed by atoms with Crippen molar-refractivity contribution in [3.8, 4) is 0 Å². The van der Waals surface area contributed by atoms with Crippen LogP contribution in [0.5, 0.6) is 0 Å². The van der Waals surface area contributed by atoms with Gasteiger partial charge in [-0.05, 0) is 49.4 Å². The molecule has 1 aliphatic rings. The normalized spacial score (nSPS) is 23.7. The smallest absolute Gasteiger partial charge is 0.251 e. The largest absolute Gasteiger partial charge is 0.349 e. The first-order chi connectivity index (χ1) is 8.58. The highest BCUT2D eigenvalue weighted by Gasteiger charge is 2.23. The van der Waals surface area contributed by atoms with Crippen LogP contribution in [0.15, 0.2) is 22.7 Å². The average molecular weight is 310 g/mol. The number of carbonyl (C=O) groups excluding carboxylic acids is 1. The van der Waals surface area contributed by atoms with Gasteiger partial charge in [-0.25, -0.2) is 0 Å². The lowest BCUT2D eigenvalue weighted by atomic mass is 9.86. The Bertz CT molecular complexity index is 444. The van der Waals surface area contributed by atoms with E-state index in [9.17, 15) is 4.79 Å². The number of aryl methyl sites for hydroxylation is 1. The molecule has 0 aliphatic heterocycles. The summed E-state index contributed by atoms with van der Waals surface area (Å²) in [5.41, 5.74) is 1.85.